The quantitative estimate of drug-likeness (QED) is 0.430. The fraction of sp³-hybridized carbons (Fsp3) is 0.286. The first-order chi connectivity index (χ1) is 17.5. The Morgan fingerprint density at radius 2 is 1.57 bits per heavy atom. The van der Waals surface area contributed by atoms with Crippen LogP contribution in [0, 0.1) is 19.7 Å². The van der Waals surface area contributed by atoms with E-state index < -0.39 is 34.3 Å². The zero-order valence-corrected chi connectivity index (χ0v) is 22.3. The molecule has 3 rings (SSSR count). The van der Waals surface area contributed by atoms with Gasteiger partial charge < -0.3 is 10.2 Å². The van der Waals surface area contributed by atoms with Crippen LogP contribution in [-0.2, 0) is 26.2 Å². The first-order valence-electron chi connectivity index (χ1n) is 12.0. The lowest BCUT2D eigenvalue weighted by Crippen LogP contribution is -2.51. The summed E-state index contributed by atoms with van der Waals surface area (Å²) in [5.41, 5.74) is 2.55. The van der Waals surface area contributed by atoms with Crippen molar-refractivity contribution >= 4 is 27.5 Å². The van der Waals surface area contributed by atoms with Gasteiger partial charge in [0.25, 0.3) is 10.0 Å². The molecule has 1 atom stereocenters. The van der Waals surface area contributed by atoms with E-state index in [0.717, 1.165) is 9.87 Å². The first kappa shape index (κ1) is 27.9. The van der Waals surface area contributed by atoms with E-state index in [2.05, 4.69) is 5.32 Å². The Kier molecular flexibility index (Phi) is 9.04. The maximum absolute atomic E-state index is 13.8. The van der Waals surface area contributed by atoms with Crippen LogP contribution in [-0.4, -0.2) is 44.3 Å². The standard InChI is InChI=1S/C28H32FN3O4S/c1-5-30-28(34)22(4)31(18-23-12-14-24(29)15-13-23)27(33)19-32(26-9-7-6-8-21(26)3)37(35,36)25-16-10-20(2)11-17-25/h6-17,22H,5,18-19H2,1-4H3,(H,30,34). The Balaban J connectivity index is 2.03. The number of carbonyl (C=O) groups excluding carboxylic acids is 2. The highest BCUT2D eigenvalue weighted by atomic mass is 32.2. The summed E-state index contributed by atoms with van der Waals surface area (Å²) in [6.07, 6.45) is 0. The maximum atomic E-state index is 13.8. The summed E-state index contributed by atoms with van der Waals surface area (Å²) < 4.78 is 42.1. The summed E-state index contributed by atoms with van der Waals surface area (Å²) in [5.74, 6) is -1.36. The highest BCUT2D eigenvalue weighted by Gasteiger charge is 2.32. The monoisotopic (exact) mass is 525 g/mol. The van der Waals surface area contributed by atoms with Crippen LogP contribution in [0.5, 0.6) is 0 Å². The van der Waals surface area contributed by atoms with Crippen LogP contribution in [0.4, 0.5) is 10.1 Å². The molecular formula is C28H32FN3O4S. The van der Waals surface area contributed by atoms with E-state index in [1.54, 1.807) is 57.2 Å². The van der Waals surface area contributed by atoms with Gasteiger partial charge >= 0.3 is 0 Å². The molecule has 0 saturated heterocycles. The van der Waals surface area contributed by atoms with Gasteiger partial charge in [0.15, 0.2) is 0 Å². The van der Waals surface area contributed by atoms with Crippen molar-refractivity contribution in [3.8, 4) is 0 Å². The van der Waals surface area contributed by atoms with Gasteiger partial charge in [0, 0.05) is 13.1 Å². The van der Waals surface area contributed by atoms with E-state index in [0.29, 0.717) is 23.4 Å². The Labute approximate surface area is 218 Å². The lowest BCUT2D eigenvalue weighted by molar-refractivity contribution is -0.139. The number of benzene rings is 3. The summed E-state index contributed by atoms with van der Waals surface area (Å²) >= 11 is 0. The topological polar surface area (TPSA) is 86.8 Å². The van der Waals surface area contributed by atoms with Crippen molar-refractivity contribution < 1.29 is 22.4 Å². The summed E-state index contributed by atoms with van der Waals surface area (Å²) in [6.45, 7) is 6.83. The second-order valence-corrected chi connectivity index (χ2v) is 10.7. The van der Waals surface area contributed by atoms with Crippen LogP contribution in [0.2, 0.25) is 0 Å². The molecule has 0 aliphatic rings. The molecule has 0 aromatic heterocycles. The van der Waals surface area contributed by atoms with Crippen molar-refractivity contribution in [1.82, 2.24) is 10.2 Å². The van der Waals surface area contributed by atoms with Gasteiger partial charge in [0.1, 0.15) is 18.4 Å². The van der Waals surface area contributed by atoms with E-state index >= 15 is 0 Å². The van der Waals surface area contributed by atoms with Gasteiger partial charge in [-0.15, -0.1) is 0 Å². The van der Waals surface area contributed by atoms with Gasteiger partial charge in [-0.05, 0) is 69.2 Å². The minimum atomic E-state index is -4.12. The predicted molar refractivity (Wildman–Crippen MR) is 142 cm³/mol. The number of halogens is 1. The number of sulfonamides is 1. The lowest BCUT2D eigenvalue weighted by atomic mass is 10.1. The average molecular weight is 526 g/mol. The molecule has 37 heavy (non-hydrogen) atoms. The van der Waals surface area contributed by atoms with Crippen LogP contribution in [0.15, 0.2) is 77.7 Å². The Morgan fingerprint density at radius 3 is 2.16 bits per heavy atom. The minimum Gasteiger partial charge on any atom is -0.355 e. The van der Waals surface area contributed by atoms with Gasteiger partial charge in [-0.25, -0.2) is 12.8 Å². The van der Waals surface area contributed by atoms with E-state index in [9.17, 15) is 22.4 Å². The number of rotatable bonds is 10. The van der Waals surface area contributed by atoms with Gasteiger partial charge in [-0.2, -0.15) is 0 Å². The highest BCUT2D eigenvalue weighted by Crippen LogP contribution is 2.27. The Bertz CT molecular complexity index is 1340. The number of aryl methyl sites for hydroxylation is 2. The number of hydrogen-bond donors (Lipinski definition) is 1. The van der Waals surface area contributed by atoms with Crippen LogP contribution < -0.4 is 9.62 Å². The Morgan fingerprint density at radius 1 is 0.946 bits per heavy atom. The third-order valence-corrected chi connectivity index (χ3v) is 7.83. The highest BCUT2D eigenvalue weighted by molar-refractivity contribution is 7.92. The number of hydrogen-bond acceptors (Lipinski definition) is 4. The van der Waals surface area contributed by atoms with Crippen molar-refractivity contribution in [2.75, 3.05) is 17.4 Å². The molecule has 7 nitrogen and oxygen atoms in total. The molecule has 3 aromatic rings. The third kappa shape index (κ3) is 6.74. The molecule has 2 amide bonds. The number of nitrogens with zero attached hydrogens (tertiary/aromatic N) is 2. The Hall–Kier alpha value is -3.72. The van der Waals surface area contributed by atoms with Crippen LogP contribution in [0.3, 0.4) is 0 Å². The van der Waals surface area contributed by atoms with Gasteiger partial charge in [-0.1, -0.05) is 48.0 Å². The second kappa shape index (κ2) is 12.0. The average Bonchev–Trinajstić information content (AvgIpc) is 2.87. The molecule has 1 unspecified atom stereocenters. The van der Waals surface area contributed by atoms with Crippen molar-refractivity contribution in [3.63, 3.8) is 0 Å². The smallest absolute Gasteiger partial charge is 0.264 e. The van der Waals surface area contributed by atoms with Crippen LogP contribution in [0.1, 0.15) is 30.5 Å². The van der Waals surface area contributed by atoms with Crippen LogP contribution in [0.25, 0.3) is 0 Å². The number of anilines is 1. The molecule has 0 bridgehead atoms. The summed E-state index contributed by atoms with van der Waals surface area (Å²) in [4.78, 5) is 27.8. The molecular weight excluding hydrogens is 493 g/mol. The summed E-state index contributed by atoms with van der Waals surface area (Å²) in [7, 11) is -4.12. The van der Waals surface area contributed by atoms with Crippen LogP contribution >= 0.6 is 0 Å². The zero-order valence-electron chi connectivity index (χ0n) is 21.4. The lowest BCUT2D eigenvalue weighted by Gasteiger charge is -2.32. The molecule has 0 heterocycles. The molecule has 0 aliphatic heterocycles. The number of amides is 2. The molecule has 0 spiro atoms. The SMILES string of the molecule is CCNC(=O)C(C)N(Cc1ccc(F)cc1)C(=O)CN(c1ccccc1C)S(=O)(=O)c1ccc(C)cc1. The van der Waals surface area contributed by atoms with E-state index in [4.69, 9.17) is 0 Å². The van der Waals surface area contributed by atoms with E-state index in [-0.39, 0.29) is 17.3 Å². The van der Waals surface area contributed by atoms with Gasteiger partial charge in [0.2, 0.25) is 11.8 Å². The molecule has 3 aromatic carbocycles. The largest absolute Gasteiger partial charge is 0.355 e. The molecule has 0 saturated carbocycles. The molecule has 9 heteroatoms. The fourth-order valence-corrected chi connectivity index (χ4v) is 5.36. The van der Waals surface area contributed by atoms with E-state index in [1.165, 1.54) is 41.3 Å². The van der Waals surface area contributed by atoms with Gasteiger partial charge in [-0.3, -0.25) is 13.9 Å². The van der Waals surface area contributed by atoms with Crippen molar-refractivity contribution in [2.24, 2.45) is 0 Å². The molecule has 0 aliphatic carbocycles. The molecule has 1 N–H and O–H groups in total. The summed E-state index contributed by atoms with van der Waals surface area (Å²) in [5, 5.41) is 2.71. The minimum absolute atomic E-state index is 0.00358. The fourth-order valence-electron chi connectivity index (χ4n) is 3.89. The molecule has 196 valence electrons. The number of carbonyl (C=O) groups is 2. The first-order valence-corrected chi connectivity index (χ1v) is 13.4. The molecule has 0 fully saturated rings. The normalized spacial score (nSPS) is 12.0. The van der Waals surface area contributed by atoms with Crippen molar-refractivity contribution in [1.29, 1.82) is 0 Å². The second-order valence-electron chi connectivity index (χ2n) is 8.83. The molecule has 0 radical (unpaired) electrons. The van der Waals surface area contributed by atoms with Crippen molar-refractivity contribution in [2.45, 2.75) is 45.2 Å². The zero-order chi connectivity index (χ0) is 27.2. The summed E-state index contributed by atoms with van der Waals surface area (Å²) in [6, 6.07) is 18.0. The van der Waals surface area contributed by atoms with E-state index in [1.807, 2.05) is 6.92 Å². The third-order valence-electron chi connectivity index (χ3n) is 6.06. The number of likely N-dealkylation sites (N-methyl/N-ethyl adjacent to an activating group) is 1. The predicted octanol–water partition coefficient (Wildman–Crippen LogP) is 4.19. The van der Waals surface area contributed by atoms with Crippen molar-refractivity contribution in [3.05, 3.63) is 95.3 Å². The maximum Gasteiger partial charge on any atom is 0.264 e. The number of nitrogens with one attached hydrogen (secondary N) is 1. The van der Waals surface area contributed by atoms with Gasteiger partial charge in [0.05, 0.1) is 10.6 Å². The number of para-hydroxylation sites is 1.